The summed E-state index contributed by atoms with van der Waals surface area (Å²) in [6.45, 7) is 4.73. The van der Waals surface area contributed by atoms with Crippen LogP contribution in [0.25, 0.3) is 0 Å². The molecule has 3 rings (SSSR count). The highest BCUT2D eigenvalue weighted by Crippen LogP contribution is 2.26. The van der Waals surface area contributed by atoms with Crippen molar-refractivity contribution in [3.63, 3.8) is 0 Å². The molecule has 1 aliphatic heterocycles. The quantitative estimate of drug-likeness (QED) is 0.857. The molecule has 1 aromatic heterocycles. The fourth-order valence-corrected chi connectivity index (χ4v) is 3.07. The fourth-order valence-electron chi connectivity index (χ4n) is 2.46. The number of nitrogens with zero attached hydrogens (tertiary/aromatic N) is 2. The Bertz CT molecular complexity index is 579. The third kappa shape index (κ3) is 2.96. The summed E-state index contributed by atoms with van der Waals surface area (Å²) < 4.78 is 5.53. The van der Waals surface area contributed by atoms with Crippen molar-refractivity contribution in [2.24, 2.45) is 0 Å². The van der Waals surface area contributed by atoms with Crippen LogP contribution in [0.1, 0.15) is 21.8 Å². The lowest BCUT2D eigenvalue weighted by atomic mass is 10.1. The molecule has 0 amide bonds. The summed E-state index contributed by atoms with van der Waals surface area (Å²) in [5.74, 6) is 1.06. The maximum atomic E-state index is 5.53. The number of fused-ring (bicyclic) bond motifs is 1. The van der Waals surface area contributed by atoms with E-state index in [0.717, 1.165) is 42.6 Å². The Morgan fingerprint density at radius 3 is 3.05 bits per heavy atom. The van der Waals surface area contributed by atoms with Crippen LogP contribution in [-0.2, 0) is 19.5 Å². The van der Waals surface area contributed by atoms with Gasteiger partial charge in [-0.1, -0.05) is 12.1 Å². The first-order chi connectivity index (χ1) is 9.20. The second kappa shape index (κ2) is 5.31. The Morgan fingerprint density at radius 2 is 2.26 bits per heavy atom. The van der Waals surface area contributed by atoms with E-state index in [-0.39, 0.29) is 0 Å². The van der Waals surface area contributed by atoms with Gasteiger partial charge >= 0.3 is 0 Å². The first-order valence-corrected chi connectivity index (χ1v) is 7.43. The van der Waals surface area contributed by atoms with Crippen molar-refractivity contribution < 1.29 is 4.74 Å². The molecule has 2 aromatic rings. The number of rotatable bonds is 4. The lowest BCUT2D eigenvalue weighted by Gasteiger charge is -2.15. The summed E-state index contributed by atoms with van der Waals surface area (Å²) in [4.78, 5) is 6.80. The van der Waals surface area contributed by atoms with E-state index in [2.05, 4.69) is 47.4 Å². The van der Waals surface area contributed by atoms with Crippen LogP contribution in [0.4, 0.5) is 0 Å². The molecule has 100 valence electrons. The van der Waals surface area contributed by atoms with Crippen LogP contribution in [0, 0.1) is 6.92 Å². The van der Waals surface area contributed by atoms with Crippen LogP contribution < -0.4 is 4.74 Å². The van der Waals surface area contributed by atoms with E-state index in [0.29, 0.717) is 0 Å². The summed E-state index contributed by atoms with van der Waals surface area (Å²) >= 11 is 1.71. The van der Waals surface area contributed by atoms with Crippen LogP contribution in [0.2, 0.25) is 0 Å². The number of aryl methyl sites for hydroxylation is 1. The molecule has 19 heavy (non-hydrogen) atoms. The van der Waals surface area contributed by atoms with Crippen LogP contribution in [0.3, 0.4) is 0 Å². The largest absolute Gasteiger partial charge is 0.493 e. The molecular weight excluding hydrogens is 256 g/mol. The highest BCUT2D eigenvalue weighted by molar-refractivity contribution is 7.09. The zero-order valence-corrected chi connectivity index (χ0v) is 12.2. The van der Waals surface area contributed by atoms with Gasteiger partial charge in [0, 0.05) is 24.9 Å². The van der Waals surface area contributed by atoms with E-state index in [1.165, 1.54) is 11.1 Å². The molecule has 4 heteroatoms. The van der Waals surface area contributed by atoms with Gasteiger partial charge < -0.3 is 4.74 Å². The normalized spacial score (nSPS) is 13.6. The SMILES string of the molecule is Cc1nc(CN(C)Cc2ccc3c(c2)CCO3)cs1. The number of ether oxygens (including phenoxy) is 1. The average Bonchev–Trinajstić information content (AvgIpc) is 2.97. The minimum atomic E-state index is 0.826. The van der Waals surface area contributed by atoms with E-state index < -0.39 is 0 Å². The molecular formula is C15H18N2OS. The Morgan fingerprint density at radius 1 is 1.37 bits per heavy atom. The van der Waals surface area contributed by atoms with Gasteiger partial charge in [0.2, 0.25) is 0 Å². The lowest BCUT2D eigenvalue weighted by molar-refractivity contribution is 0.315. The van der Waals surface area contributed by atoms with Crippen molar-refractivity contribution in [3.05, 3.63) is 45.4 Å². The lowest BCUT2D eigenvalue weighted by Crippen LogP contribution is -2.17. The molecule has 0 radical (unpaired) electrons. The van der Waals surface area contributed by atoms with E-state index in [4.69, 9.17) is 4.74 Å². The zero-order chi connectivity index (χ0) is 13.2. The highest BCUT2D eigenvalue weighted by atomic mass is 32.1. The van der Waals surface area contributed by atoms with Crippen LogP contribution in [0.15, 0.2) is 23.6 Å². The maximum Gasteiger partial charge on any atom is 0.122 e. The molecule has 0 saturated carbocycles. The molecule has 0 aliphatic carbocycles. The average molecular weight is 274 g/mol. The van der Waals surface area contributed by atoms with Gasteiger partial charge in [0.1, 0.15) is 5.75 Å². The van der Waals surface area contributed by atoms with E-state index in [9.17, 15) is 0 Å². The highest BCUT2D eigenvalue weighted by Gasteiger charge is 2.12. The van der Waals surface area contributed by atoms with Crippen LogP contribution in [-0.4, -0.2) is 23.5 Å². The Labute approximate surface area is 117 Å². The van der Waals surface area contributed by atoms with Gasteiger partial charge in [0.25, 0.3) is 0 Å². The van der Waals surface area contributed by atoms with Gasteiger partial charge in [-0.25, -0.2) is 4.98 Å². The van der Waals surface area contributed by atoms with Crippen LogP contribution >= 0.6 is 11.3 Å². The van der Waals surface area contributed by atoms with Crippen molar-refractivity contribution in [1.29, 1.82) is 0 Å². The van der Waals surface area contributed by atoms with E-state index in [1.807, 2.05) is 0 Å². The Kier molecular flexibility index (Phi) is 3.53. The minimum Gasteiger partial charge on any atom is -0.493 e. The Balaban J connectivity index is 1.64. The molecule has 0 fully saturated rings. The molecule has 1 aromatic carbocycles. The number of thiazole rings is 1. The molecule has 0 atom stereocenters. The summed E-state index contributed by atoms with van der Waals surface area (Å²) in [7, 11) is 2.14. The number of benzene rings is 1. The van der Waals surface area contributed by atoms with Gasteiger partial charge in [-0.3, -0.25) is 4.90 Å². The zero-order valence-electron chi connectivity index (χ0n) is 11.3. The molecule has 0 spiro atoms. The summed E-state index contributed by atoms with van der Waals surface area (Å²) in [6, 6.07) is 6.52. The topological polar surface area (TPSA) is 25.4 Å². The first kappa shape index (κ1) is 12.6. The van der Waals surface area contributed by atoms with E-state index in [1.54, 1.807) is 11.3 Å². The van der Waals surface area contributed by atoms with Gasteiger partial charge in [0.15, 0.2) is 0 Å². The smallest absolute Gasteiger partial charge is 0.122 e. The minimum absolute atomic E-state index is 0.826. The standard InChI is InChI=1S/C15H18N2OS/c1-11-16-14(10-19-11)9-17(2)8-12-3-4-15-13(7-12)5-6-18-15/h3-4,7,10H,5-6,8-9H2,1-2H3. The maximum absolute atomic E-state index is 5.53. The summed E-state index contributed by atoms with van der Waals surface area (Å²) in [6.07, 6.45) is 1.04. The summed E-state index contributed by atoms with van der Waals surface area (Å²) in [5.41, 5.74) is 3.85. The van der Waals surface area contributed by atoms with Crippen LogP contribution in [0.5, 0.6) is 5.75 Å². The molecule has 0 N–H and O–H groups in total. The fraction of sp³-hybridized carbons (Fsp3) is 0.400. The number of hydrogen-bond donors (Lipinski definition) is 0. The van der Waals surface area contributed by atoms with Gasteiger partial charge in [-0.2, -0.15) is 0 Å². The van der Waals surface area contributed by atoms with Gasteiger partial charge in [-0.15, -0.1) is 11.3 Å². The van der Waals surface area contributed by atoms with Crippen molar-refractivity contribution in [1.82, 2.24) is 9.88 Å². The second-order valence-corrected chi connectivity index (χ2v) is 6.13. The molecule has 3 nitrogen and oxygen atoms in total. The number of aromatic nitrogens is 1. The molecule has 1 aliphatic rings. The number of hydrogen-bond acceptors (Lipinski definition) is 4. The first-order valence-electron chi connectivity index (χ1n) is 6.55. The third-order valence-electron chi connectivity index (χ3n) is 3.30. The summed E-state index contributed by atoms with van der Waals surface area (Å²) in [5, 5.41) is 3.28. The second-order valence-electron chi connectivity index (χ2n) is 5.07. The van der Waals surface area contributed by atoms with Crippen molar-refractivity contribution in [2.45, 2.75) is 26.4 Å². The van der Waals surface area contributed by atoms with Gasteiger partial charge in [-0.05, 0) is 31.2 Å². The predicted octanol–water partition coefficient (Wildman–Crippen LogP) is 3.02. The van der Waals surface area contributed by atoms with Crippen molar-refractivity contribution in [2.75, 3.05) is 13.7 Å². The molecule has 0 bridgehead atoms. The molecule has 0 saturated heterocycles. The Hall–Kier alpha value is -1.39. The predicted molar refractivity (Wildman–Crippen MR) is 77.7 cm³/mol. The van der Waals surface area contributed by atoms with Crippen molar-refractivity contribution in [3.8, 4) is 5.75 Å². The molecule has 0 unspecified atom stereocenters. The van der Waals surface area contributed by atoms with Gasteiger partial charge in [0.05, 0.1) is 17.3 Å². The third-order valence-corrected chi connectivity index (χ3v) is 4.13. The van der Waals surface area contributed by atoms with Crippen molar-refractivity contribution >= 4 is 11.3 Å². The monoisotopic (exact) mass is 274 g/mol. The molecule has 2 heterocycles. The van der Waals surface area contributed by atoms with E-state index >= 15 is 0 Å².